The van der Waals surface area contributed by atoms with E-state index in [1.165, 1.54) is 0 Å². The maximum absolute atomic E-state index is 5.44. The van der Waals surface area contributed by atoms with Crippen LogP contribution in [0.5, 0.6) is 0 Å². The molecule has 0 radical (unpaired) electrons. The topological polar surface area (TPSA) is 129 Å². The molecule has 0 fully saturated rings. The minimum absolute atomic E-state index is 0.0593. The van der Waals surface area contributed by atoms with Gasteiger partial charge in [0, 0.05) is 0 Å². The first-order chi connectivity index (χ1) is 6.43. The van der Waals surface area contributed by atoms with Crippen molar-refractivity contribution in [2.45, 2.75) is 13.8 Å². The SMILES string of the molecule is Cc1nc(C(N)=[NH2+])c(C(N)=[NH2+])nc1C. The van der Waals surface area contributed by atoms with Crippen molar-refractivity contribution in [3.63, 3.8) is 0 Å². The van der Waals surface area contributed by atoms with E-state index in [2.05, 4.69) is 9.97 Å². The molecule has 1 heterocycles. The Labute approximate surface area is 81.4 Å². The fourth-order valence-electron chi connectivity index (χ4n) is 1.01. The molecule has 0 aliphatic heterocycles. The third kappa shape index (κ3) is 1.68. The average molecular weight is 194 g/mol. The van der Waals surface area contributed by atoms with Gasteiger partial charge < -0.3 is 0 Å². The number of hydrogen-bond acceptors (Lipinski definition) is 2. The maximum atomic E-state index is 5.44. The Morgan fingerprint density at radius 2 is 1.21 bits per heavy atom. The fourth-order valence-corrected chi connectivity index (χ4v) is 1.01. The van der Waals surface area contributed by atoms with Crippen LogP contribution in [0.2, 0.25) is 0 Å². The van der Waals surface area contributed by atoms with Crippen molar-refractivity contribution < 1.29 is 10.8 Å². The monoisotopic (exact) mass is 194 g/mol. The lowest BCUT2D eigenvalue weighted by atomic mass is 10.2. The van der Waals surface area contributed by atoms with E-state index in [1.807, 2.05) is 13.8 Å². The van der Waals surface area contributed by atoms with Gasteiger partial charge in [0.1, 0.15) is 0 Å². The zero-order valence-corrected chi connectivity index (χ0v) is 8.20. The second kappa shape index (κ2) is 3.41. The van der Waals surface area contributed by atoms with E-state index in [9.17, 15) is 0 Å². The summed E-state index contributed by atoms with van der Waals surface area (Å²) < 4.78 is 0. The summed E-state index contributed by atoms with van der Waals surface area (Å²) in [6.45, 7) is 3.62. The van der Waals surface area contributed by atoms with Gasteiger partial charge in [0.05, 0.1) is 11.4 Å². The van der Waals surface area contributed by atoms with Crippen molar-refractivity contribution in [1.82, 2.24) is 9.97 Å². The van der Waals surface area contributed by atoms with Gasteiger partial charge in [0.15, 0.2) is 11.4 Å². The molecule has 1 rings (SSSR count). The maximum Gasteiger partial charge on any atom is 0.292 e. The summed E-state index contributed by atoms with van der Waals surface area (Å²) in [4.78, 5) is 8.33. The van der Waals surface area contributed by atoms with E-state index in [1.54, 1.807) is 0 Å². The number of aromatic nitrogens is 2. The zero-order valence-electron chi connectivity index (χ0n) is 8.20. The molecule has 74 valence electrons. The van der Waals surface area contributed by atoms with Crippen molar-refractivity contribution in [2.75, 3.05) is 0 Å². The van der Waals surface area contributed by atoms with Gasteiger partial charge in [-0.15, -0.1) is 0 Å². The van der Waals surface area contributed by atoms with E-state index in [0.29, 0.717) is 11.4 Å². The minimum Gasteiger partial charge on any atom is -0.286 e. The van der Waals surface area contributed by atoms with Crippen LogP contribution in [-0.4, -0.2) is 21.6 Å². The van der Waals surface area contributed by atoms with E-state index in [4.69, 9.17) is 22.3 Å². The van der Waals surface area contributed by atoms with Gasteiger partial charge in [-0.25, -0.2) is 9.97 Å². The first-order valence-electron chi connectivity index (χ1n) is 4.05. The Bertz CT molecular complexity index is 370. The molecule has 0 bridgehead atoms. The molecule has 0 amide bonds. The summed E-state index contributed by atoms with van der Waals surface area (Å²) in [6, 6.07) is 0. The Balaban J connectivity index is 3.46. The molecular weight excluding hydrogens is 180 g/mol. The van der Waals surface area contributed by atoms with Crippen molar-refractivity contribution in [2.24, 2.45) is 11.5 Å². The predicted octanol–water partition coefficient (Wildman–Crippen LogP) is -3.98. The van der Waals surface area contributed by atoms with Gasteiger partial charge in [0.25, 0.3) is 11.7 Å². The summed E-state index contributed by atoms with van der Waals surface area (Å²) in [5, 5.41) is 10.9. The van der Waals surface area contributed by atoms with Gasteiger partial charge in [-0.2, -0.15) is 0 Å². The highest BCUT2D eigenvalue weighted by atomic mass is 14.9. The van der Waals surface area contributed by atoms with Crippen LogP contribution in [0.3, 0.4) is 0 Å². The summed E-state index contributed by atoms with van der Waals surface area (Å²) >= 11 is 0. The fraction of sp³-hybridized carbons (Fsp3) is 0.250. The highest BCUT2D eigenvalue weighted by Crippen LogP contribution is 2.05. The number of nitrogens with two attached hydrogens (primary N) is 4. The van der Waals surface area contributed by atoms with E-state index >= 15 is 0 Å². The Morgan fingerprint density at radius 3 is 1.43 bits per heavy atom. The van der Waals surface area contributed by atoms with E-state index in [0.717, 1.165) is 11.4 Å². The van der Waals surface area contributed by atoms with Crippen LogP contribution in [0.15, 0.2) is 0 Å². The summed E-state index contributed by atoms with van der Waals surface area (Å²) in [7, 11) is 0. The van der Waals surface area contributed by atoms with Crippen LogP contribution in [-0.2, 0) is 0 Å². The van der Waals surface area contributed by atoms with Crippen LogP contribution in [0, 0.1) is 13.8 Å². The number of nitrogens with zero attached hydrogens (tertiary/aromatic N) is 2. The number of aryl methyl sites for hydroxylation is 2. The van der Waals surface area contributed by atoms with Crippen molar-refractivity contribution in [3.8, 4) is 0 Å². The molecule has 0 saturated heterocycles. The first kappa shape index (κ1) is 10.1. The standard InChI is InChI=1S/C8H12N6/c1-3-4(2)14-6(8(11)12)5(13-3)7(9)10/h1-2H3,(H3,9,10)(H3,11,12)/p+2. The summed E-state index contributed by atoms with van der Waals surface area (Å²) in [6.07, 6.45) is 0. The highest BCUT2D eigenvalue weighted by molar-refractivity contribution is 6.03. The largest absolute Gasteiger partial charge is 0.292 e. The smallest absolute Gasteiger partial charge is 0.286 e. The molecule has 0 spiro atoms. The normalized spacial score (nSPS) is 9.86. The second-order valence-electron chi connectivity index (χ2n) is 3.00. The van der Waals surface area contributed by atoms with Crippen LogP contribution in [0.25, 0.3) is 0 Å². The zero-order chi connectivity index (χ0) is 10.9. The van der Waals surface area contributed by atoms with Crippen LogP contribution in [0.1, 0.15) is 22.8 Å². The molecule has 14 heavy (non-hydrogen) atoms. The Morgan fingerprint density at radius 1 is 0.929 bits per heavy atom. The van der Waals surface area contributed by atoms with Crippen LogP contribution >= 0.6 is 0 Å². The molecule has 6 nitrogen and oxygen atoms in total. The molecule has 1 aromatic heterocycles. The third-order valence-corrected chi connectivity index (χ3v) is 1.85. The first-order valence-corrected chi connectivity index (χ1v) is 4.05. The Hall–Kier alpha value is -1.98. The molecule has 0 saturated carbocycles. The van der Waals surface area contributed by atoms with Gasteiger partial charge in [0.2, 0.25) is 0 Å². The molecule has 0 atom stereocenters. The third-order valence-electron chi connectivity index (χ3n) is 1.85. The van der Waals surface area contributed by atoms with Gasteiger partial charge in [-0.05, 0) is 13.8 Å². The summed E-state index contributed by atoms with van der Waals surface area (Å²) in [5.74, 6) is 0.119. The predicted molar refractivity (Wildman–Crippen MR) is 51.9 cm³/mol. The lowest BCUT2D eigenvalue weighted by molar-refractivity contribution is -0.117. The minimum atomic E-state index is 0.0593. The number of amidine groups is 2. The van der Waals surface area contributed by atoms with E-state index < -0.39 is 0 Å². The lowest BCUT2D eigenvalue weighted by Crippen LogP contribution is -2.52. The highest BCUT2D eigenvalue weighted by Gasteiger charge is 2.19. The molecule has 0 unspecified atom stereocenters. The molecule has 8 N–H and O–H groups in total. The number of rotatable bonds is 2. The molecule has 0 aliphatic carbocycles. The van der Waals surface area contributed by atoms with Gasteiger partial charge in [-0.1, -0.05) is 0 Å². The van der Waals surface area contributed by atoms with Gasteiger partial charge >= 0.3 is 0 Å². The Kier molecular flexibility index (Phi) is 2.46. The van der Waals surface area contributed by atoms with Crippen molar-refractivity contribution in [3.05, 3.63) is 22.8 Å². The van der Waals surface area contributed by atoms with E-state index in [-0.39, 0.29) is 11.7 Å². The van der Waals surface area contributed by atoms with Crippen LogP contribution in [0.4, 0.5) is 0 Å². The van der Waals surface area contributed by atoms with Crippen molar-refractivity contribution >= 4 is 11.7 Å². The van der Waals surface area contributed by atoms with Gasteiger partial charge in [-0.3, -0.25) is 22.3 Å². The van der Waals surface area contributed by atoms with Crippen LogP contribution < -0.4 is 22.3 Å². The molecule has 1 aromatic rings. The lowest BCUT2D eigenvalue weighted by Gasteiger charge is -2.03. The average Bonchev–Trinajstić information content (AvgIpc) is 2.08. The molecular formula is C8H14N6+2. The van der Waals surface area contributed by atoms with Crippen molar-refractivity contribution in [1.29, 1.82) is 0 Å². The molecule has 6 heteroatoms. The molecule has 0 aromatic carbocycles. The molecule has 0 aliphatic rings. The quantitative estimate of drug-likeness (QED) is 0.282. The second-order valence-corrected chi connectivity index (χ2v) is 3.00. The number of hydrogen-bond donors (Lipinski definition) is 4. The summed E-state index contributed by atoms with van der Waals surface area (Å²) in [5.41, 5.74) is 13.1.